The molecule has 0 radical (unpaired) electrons. The molecule has 6 heteroatoms. The summed E-state index contributed by atoms with van der Waals surface area (Å²) in [5.41, 5.74) is 3.55. The van der Waals surface area contributed by atoms with Crippen molar-refractivity contribution < 1.29 is 14.3 Å². The first-order valence-corrected chi connectivity index (χ1v) is 9.60. The predicted octanol–water partition coefficient (Wildman–Crippen LogP) is 4.76. The maximum Gasteiger partial charge on any atom is 0.306 e. The van der Waals surface area contributed by atoms with E-state index in [0.717, 1.165) is 21.8 Å². The van der Waals surface area contributed by atoms with Crippen molar-refractivity contribution >= 4 is 28.9 Å². The number of esters is 1. The summed E-state index contributed by atoms with van der Waals surface area (Å²) in [4.78, 5) is 28.1. The van der Waals surface area contributed by atoms with Crippen LogP contribution in [0.3, 0.4) is 0 Å². The van der Waals surface area contributed by atoms with Crippen molar-refractivity contribution in [2.45, 2.75) is 19.8 Å². The van der Waals surface area contributed by atoms with Gasteiger partial charge in [-0.2, -0.15) is 0 Å². The largest absolute Gasteiger partial charge is 0.466 e. The van der Waals surface area contributed by atoms with E-state index in [1.165, 1.54) is 0 Å². The van der Waals surface area contributed by atoms with Crippen LogP contribution in [0.1, 0.15) is 19.8 Å². The number of carbonyl (C=O) groups excluding carboxylic acids is 2. The van der Waals surface area contributed by atoms with Crippen molar-refractivity contribution in [2.75, 3.05) is 11.9 Å². The number of aromatic nitrogens is 1. The third kappa shape index (κ3) is 5.24. The van der Waals surface area contributed by atoms with Crippen LogP contribution >= 0.6 is 11.3 Å². The molecular weight excluding hydrogens is 360 g/mol. The molecule has 0 unspecified atom stereocenters. The van der Waals surface area contributed by atoms with Gasteiger partial charge in [-0.1, -0.05) is 42.5 Å². The van der Waals surface area contributed by atoms with Gasteiger partial charge in [-0.05, 0) is 19.1 Å². The van der Waals surface area contributed by atoms with E-state index >= 15 is 0 Å². The lowest BCUT2D eigenvalue weighted by molar-refractivity contribution is -0.144. The van der Waals surface area contributed by atoms with Crippen LogP contribution in [0.15, 0.2) is 60.0 Å². The molecule has 0 aliphatic heterocycles. The minimum atomic E-state index is -0.364. The highest BCUT2D eigenvalue weighted by Crippen LogP contribution is 2.29. The highest BCUT2D eigenvalue weighted by Gasteiger charge is 2.10. The minimum Gasteiger partial charge on any atom is -0.466 e. The first kappa shape index (κ1) is 18.8. The fraction of sp³-hybridized carbons (Fsp3) is 0.190. The molecule has 3 aromatic rings. The normalized spacial score (nSPS) is 10.4. The Morgan fingerprint density at radius 3 is 2.59 bits per heavy atom. The molecule has 0 fully saturated rings. The molecule has 0 saturated carbocycles. The predicted molar refractivity (Wildman–Crippen MR) is 107 cm³/mol. The average molecular weight is 380 g/mol. The number of hydrogen-bond acceptors (Lipinski definition) is 5. The number of hydrogen-bond donors (Lipinski definition) is 1. The van der Waals surface area contributed by atoms with Gasteiger partial charge in [0, 0.05) is 28.6 Å². The topological polar surface area (TPSA) is 68.3 Å². The van der Waals surface area contributed by atoms with Crippen molar-refractivity contribution in [3.63, 3.8) is 0 Å². The Labute approximate surface area is 162 Å². The van der Waals surface area contributed by atoms with E-state index in [4.69, 9.17) is 9.72 Å². The lowest BCUT2D eigenvalue weighted by Gasteiger charge is -2.06. The maximum atomic E-state index is 12.0. The van der Waals surface area contributed by atoms with Gasteiger partial charge in [-0.15, -0.1) is 11.3 Å². The molecule has 0 saturated heterocycles. The van der Waals surface area contributed by atoms with Gasteiger partial charge >= 0.3 is 5.97 Å². The molecule has 1 heterocycles. The van der Waals surface area contributed by atoms with Crippen LogP contribution in [0.2, 0.25) is 0 Å². The van der Waals surface area contributed by atoms with E-state index in [1.54, 1.807) is 18.3 Å². The van der Waals surface area contributed by atoms with Gasteiger partial charge in [0.05, 0.1) is 18.7 Å². The van der Waals surface area contributed by atoms with E-state index < -0.39 is 0 Å². The summed E-state index contributed by atoms with van der Waals surface area (Å²) >= 11 is 1.58. The zero-order valence-electron chi connectivity index (χ0n) is 15.0. The zero-order valence-corrected chi connectivity index (χ0v) is 15.8. The second kappa shape index (κ2) is 9.09. The van der Waals surface area contributed by atoms with Crippen molar-refractivity contribution in [1.82, 2.24) is 4.98 Å². The van der Waals surface area contributed by atoms with E-state index in [0.29, 0.717) is 12.3 Å². The molecule has 0 aliphatic carbocycles. The van der Waals surface area contributed by atoms with Gasteiger partial charge in [0.25, 0.3) is 0 Å². The number of anilines is 1. The van der Waals surface area contributed by atoms with Crippen molar-refractivity contribution in [1.29, 1.82) is 0 Å². The lowest BCUT2D eigenvalue weighted by atomic mass is 10.1. The maximum absolute atomic E-state index is 12.0. The van der Waals surface area contributed by atoms with Crippen LogP contribution in [0, 0.1) is 0 Å². The molecule has 0 spiro atoms. The summed E-state index contributed by atoms with van der Waals surface area (Å²) in [7, 11) is 0. The summed E-state index contributed by atoms with van der Waals surface area (Å²) in [6.45, 7) is 2.06. The van der Waals surface area contributed by atoms with E-state index in [-0.39, 0.29) is 24.7 Å². The molecule has 3 rings (SSSR count). The van der Waals surface area contributed by atoms with Crippen LogP contribution in [-0.4, -0.2) is 23.5 Å². The van der Waals surface area contributed by atoms with Gasteiger partial charge < -0.3 is 10.1 Å². The molecule has 0 aliphatic rings. The van der Waals surface area contributed by atoms with E-state index in [2.05, 4.69) is 5.32 Å². The van der Waals surface area contributed by atoms with Crippen LogP contribution in [0.5, 0.6) is 0 Å². The highest BCUT2D eigenvalue weighted by molar-refractivity contribution is 7.13. The molecule has 2 aromatic carbocycles. The van der Waals surface area contributed by atoms with E-state index in [9.17, 15) is 9.59 Å². The molecule has 1 amide bonds. The summed E-state index contributed by atoms with van der Waals surface area (Å²) < 4.78 is 4.83. The number of nitrogens with zero attached hydrogens (tertiary/aromatic N) is 1. The van der Waals surface area contributed by atoms with Gasteiger partial charge in [0.2, 0.25) is 5.91 Å². The molecule has 138 valence electrons. The van der Waals surface area contributed by atoms with Crippen LogP contribution in [-0.2, 0) is 14.3 Å². The first-order chi connectivity index (χ1) is 13.2. The molecule has 1 N–H and O–H groups in total. The number of thiazole rings is 1. The monoisotopic (exact) mass is 380 g/mol. The standard InChI is InChI=1S/C21H20N2O3S/c1-2-26-20(25)12-11-19(24)22-17-10-6-9-16(13-17)18-14-27-21(23-18)15-7-4-3-5-8-15/h3-10,13-14H,2,11-12H2,1H3,(H,22,24). The van der Waals surface area contributed by atoms with E-state index in [1.807, 2.05) is 60.0 Å². The number of carbonyl (C=O) groups is 2. The second-order valence-electron chi connectivity index (χ2n) is 5.84. The Hall–Kier alpha value is -2.99. The Balaban J connectivity index is 1.66. The number of nitrogens with one attached hydrogen (secondary N) is 1. The Kier molecular flexibility index (Phi) is 6.33. The molecular formula is C21H20N2O3S. The molecule has 0 atom stereocenters. The van der Waals surface area contributed by atoms with Crippen molar-refractivity contribution in [3.05, 3.63) is 60.0 Å². The average Bonchev–Trinajstić information content (AvgIpc) is 3.18. The molecule has 5 nitrogen and oxygen atoms in total. The van der Waals surface area contributed by atoms with Crippen LogP contribution in [0.4, 0.5) is 5.69 Å². The lowest BCUT2D eigenvalue weighted by Crippen LogP contribution is -2.14. The minimum absolute atomic E-state index is 0.0753. The van der Waals surface area contributed by atoms with Gasteiger partial charge in [-0.25, -0.2) is 4.98 Å². The molecule has 27 heavy (non-hydrogen) atoms. The summed E-state index contributed by atoms with van der Waals surface area (Å²) in [6.07, 6.45) is 0.170. The molecule has 0 bridgehead atoms. The van der Waals surface area contributed by atoms with Gasteiger partial charge in [0.15, 0.2) is 0 Å². The van der Waals surface area contributed by atoms with Gasteiger partial charge in [-0.3, -0.25) is 9.59 Å². The third-order valence-corrected chi connectivity index (χ3v) is 4.72. The molecule has 1 aromatic heterocycles. The summed E-state index contributed by atoms with van der Waals surface area (Å²) in [6, 6.07) is 17.5. The number of ether oxygens (including phenoxy) is 1. The van der Waals surface area contributed by atoms with Crippen molar-refractivity contribution in [3.8, 4) is 21.8 Å². The Bertz CT molecular complexity index is 922. The quantitative estimate of drug-likeness (QED) is 0.600. The fourth-order valence-corrected chi connectivity index (χ4v) is 3.38. The number of rotatable bonds is 7. The first-order valence-electron chi connectivity index (χ1n) is 8.72. The zero-order chi connectivity index (χ0) is 19.1. The Morgan fingerprint density at radius 2 is 1.81 bits per heavy atom. The van der Waals surface area contributed by atoms with Gasteiger partial charge in [0.1, 0.15) is 5.01 Å². The SMILES string of the molecule is CCOC(=O)CCC(=O)Nc1cccc(-c2csc(-c3ccccc3)n2)c1. The summed E-state index contributed by atoms with van der Waals surface area (Å²) in [5, 5.41) is 5.77. The van der Waals surface area contributed by atoms with Crippen molar-refractivity contribution in [2.24, 2.45) is 0 Å². The highest BCUT2D eigenvalue weighted by atomic mass is 32.1. The number of benzene rings is 2. The Morgan fingerprint density at radius 1 is 1.04 bits per heavy atom. The number of amides is 1. The van der Waals surface area contributed by atoms with Crippen LogP contribution < -0.4 is 5.32 Å². The smallest absolute Gasteiger partial charge is 0.306 e. The van der Waals surface area contributed by atoms with Crippen LogP contribution in [0.25, 0.3) is 21.8 Å². The summed E-state index contributed by atoms with van der Waals surface area (Å²) in [5.74, 6) is -0.583. The third-order valence-electron chi connectivity index (χ3n) is 3.83. The second-order valence-corrected chi connectivity index (χ2v) is 6.70. The fourth-order valence-electron chi connectivity index (χ4n) is 2.55.